The zero-order valence-electron chi connectivity index (χ0n) is 9.40. The van der Waals surface area contributed by atoms with Crippen LogP contribution in [0.1, 0.15) is 5.56 Å². The molecule has 1 aromatic rings. The van der Waals surface area contributed by atoms with Gasteiger partial charge < -0.3 is 21.5 Å². The summed E-state index contributed by atoms with van der Waals surface area (Å²) in [6.07, 6.45) is -11.7. The zero-order valence-corrected chi connectivity index (χ0v) is 11.0. The molecule has 0 aromatic heterocycles. The monoisotopic (exact) mass is 376 g/mol. The minimum atomic E-state index is -5.85. The number of hydrogen-bond donors (Lipinski definition) is 1. The molecule has 0 bridgehead atoms. The average molecular weight is 377 g/mol. The van der Waals surface area contributed by atoms with Crippen LogP contribution in [-0.2, 0) is 5.60 Å². The Morgan fingerprint density at radius 1 is 0.750 bits per heavy atom. The second-order valence-electron chi connectivity index (χ2n) is 3.21. The van der Waals surface area contributed by atoms with Gasteiger partial charge in [0.2, 0.25) is 0 Å². The van der Waals surface area contributed by atoms with Crippen molar-refractivity contribution in [3.05, 3.63) is 34.3 Å². The van der Waals surface area contributed by atoms with Crippen molar-refractivity contribution in [3.63, 3.8) is 0 Å². The van der Waals surface area contributed by atoms with E-state index in [1.54, 1.807) is 0 Å². The van der Waals surface area contributed by atoms with E-state index in [0.29, 0.717) is 16.6 Å². The molecule has 0 spiro atoms. The molecule has 0 heterocycles. The highest BCUT2D eigenvalue weighted by atomic mass is 79.9. The fraction of sp³-hybridized carbons (Fsp3) is 0.333. The predicted molar refractivity (Wildman–Crippen MR) is 61.0 cm³/mol. The van der Waals surface area contributed by atoms with Gasteiger partial charge in [0.15, 0.2) is 0 Å². The van der Waals surface area contributed by atoms with E-state index in [4.69, 9.17) is 5.11 Å². The van der Waals surface area contributed by atoms with Gasteiger partial charge in [0.05, 0.1) is 0 Å². The largest absolute Gasteiger partial charge is 0.430 e. The fourth-order valence-corrected chi connectivity index (χ4v) is 1.44. The lowest BCUT2D eigenvalue weighted by Crippen LogP contribution is -2.53. The molecule has 0 atom stereocenters. The van der Waals surface area contributed by atoms with Crippen LogP contribution in [0, 0.1) is 0 Å². The first-order valence-corrected chi connectivity index (χ1v) is 4.91. The van der Waals surface area contributed by atoms with E-state index in [-0.39, 0.29) is 16.4 Å². The lowest BCUT2D eigenvalue weighted by molar-refractivity contribution is -0.376. The number of hydrogen-bond acceptors (Lipinski definition) is 1. The number of alkyl halides is 6. The first-order chi connectivity index (χ1) is 7.50. The lowest BCUT2D eigenvalue weighted by atomic mass is 9.92. The Balaban J connectivity index is -0.000000963. The molecule has 11 heteroatoms. The van der Waals surface area contributed by atoms with Crippen molar-refractivity contribution in [2.45, 2.75) is 18.0 Å². The molecule has 0 aliphatic carbocycles. The van der Waals surface area contributed by atoms with Gasteiger partial charge in [0.1, 0.15) is 0 Å². The minimum absolute atomic E-state index is 0. The number of rotatable bonds is 1. The summed E-state index contributed by atoms with van der Waals surface area (Å²) >= 11 is 2.87. The van der Waals surface area contributed by atoms with Crippen molar-refractivity contribution >= 4 is 15.9 Å². The topological polar surface area (TPSA) is 115 Å². The highest BCUT2D eigenvalue weighted by Gasteiger charge is 2.71. The average Bonchev–Trinajstić information content (AvgIpc) is 2.14. The van der Waals surface area contributed by atoms with Gasteiger partial charge >= 0.3 is 12.4 Å². The molecule has 0 aliphatic heterocycles. The Labute approximate surface area is 117 Å². The minimum Gasteiger partial charge on any atom is -0.412 e. The Kier molecular flexibility index (Phi) is 8.72. The van der Waals surface area contributed by atoms with Crippen LogP contribution >= 0.6 is 15.9 Å². The summed E-state index contributed by atoms with van der Waals surface area (Å²) in [5.74, 6) is 0. The third-order valence-electron chi connectivity index (χ3n) is 2.08. The third kappa shape index (κ3) is 4.06. The van der Waals surface area contributed by atoms with Crippen LogP contribution in [-0.4, -0.2) is 33.9 Å². The molecule has 0 unspecified atom stereocenters. The van der Waals surface area contributed by atoms with E-state index in [0.717, 1.165) is 12.1 Å². The molecule has 0 aliphatic rings. The summed E-state index contributed by atoms with van der Waals surface area (Å²) in [6, 6.07) is 3.09. The van der Waals surface area contributed by atoms with Crippen LogP contribution in [0.15, 0.2) is 28.7 Å². The van der Waals surface area contributed by atoms with Crippen LogP contribution in [0.5, 0.6) is 0 Å². The lowest BCUT2D eigenvalue weighted by Gasteiger charge is -2.32. The molecule has 0 saturated heterocycles. The third-order valence-corrected chi connectivity index (χ3v) is 2.61. The van der Waals surface area contributed by atoms with Gasteiger partial charge in [-0.15, -0.1) is 0 Å². The van der Waals surface area contributed by atoms with Crippen molar-refractivity contribution in [3.8, 4) is 0 Å². The Bertz CT molecular complexity index is 388. The van der Waals surface area contributed by atoms with Crippen LogP contribution in [0.4, 0.5) is 26.3 Å². The number of benzene rings is 1. The second kappa shape index (κ2) is 7.22. The van der Waals surface area contributed by atoms with Gasteiger partial charge in [0, 0.05) is 10.0 Å². The molecule has 20 heavy (non-hydrogen) atoms. The molecule has 120 valence electrons. The molecule has 0 saturated carbocycles. The van der Waals surface area contributed by atoms with E-state index in [1.165, 1.54) is 0 Å². The number of aliphatic hydroxyl groups is 1. The van der Waals surface area contributed by atoms with Crippen LogP contribution in [0.2, 0.25) is 0 Å². The van der Waals surface area contributed by atoms with Gasteiger partial charge in [0.25, 0.3) is 5.60 Å². The molecular formula is C9H11BrF6O4. The molecular weight excluding hydrogens is 366 g/mol. The molecule has 0 fully saturated rings. The van der Waals surface area contributed by atoms with Crippen LogP contribution < -0.4 is 0 Å². The van der Waals surface area contributed by atoms with Gasteiger partial charge in [-0.2, -0.15) is 26.3 Å². The summed E-state index contributed by atoms with van der Waals surface area (Å²) in [5.41, 5.74) is -6.14. The summed E-state index contributed by atoms with van der Waals surface area (Å²) in [6.45, 7) is 0. The van der Waals surface area contributed by atoms with Gasteiger partial charge in [-0.3, -0.25) is 0 Å². The van der Waals surface area contributed by atoms with E-state index in [2.05, 4.69) is 15.9 Å². The summed E-state index contributed by atoms with van der Waals surface area (Å²) in [5, 5.41) is 8.98. The highest BCUT2D eigenvalue weighted by Crippen LogP contribution is 2.49. The maximum atomic E-state index is 12.4. The standard InChI is InChI=1S/C9H5BrF6O.3H2O/c10-6-3-1-5(2-4-6)7(17,8(11,12)13)9(14,15)16;;;/h1-4,17H;3*1H2. The number of halogens is 7. The zero-order chi connectivity index (χ0) is 13.5. The Morgan fingerprint density at radius 3 is 1.30 bits per heavy atom. The first kappa shape index (κ1) is 24.2. The van der Waals surface area contributed by atoms with Crippen molar-refractivity contribution in [2.24, 2.45) is 0 Å². The van der Waals surface area contributed by atoms with Crippen LogP contribution in [0.3, 0.4) is 0 Å². The van der Waals surface area contributed by atoms with Crippen molar-refractivity contribution in [2.75, 3.05) is 0 Å². The van der Waals surface area contributed by atoms with Gasteiger partial charge in [-0.05, 0) is 12.1 Å². The maximum Gasteiger partial charge on any atom is 0.430 e. The predicted octanol–water partition coefficient (Wildman–Crippen LogP) is 1.29. The normalized spacial score (nSPS) is 11.8. The summed E-state index contributed by atoms with van der Waals surface area (Å²) in [4.78, 5) is 0. The molecule has 0 radical (unpaired) electrons. The summed E-state index contributed by atoms with van der Waals surface area (Å²) < 4.78 is 74.7. The van der Waals surface area contributed by atoms with E-state index < -0.39 is 23.5 Å². The van der Waals surface area contributed by atoms with Crippen molar-refractivity contribution in [1.82, 2.24) is 0 Å². The maximum absolute atomic E-state index is 12.4. The first-order valence-electron chi connectivity index (χ1n) is 4.12. The Hall–Kier alpha value is -0.880. The van der Waals surface area contributed by atoms with Gasteiger partial charge in [-0.1, -0.05) is 28.1 Å². The van der Waals surface area contributed by atoms with Crippen molar-refractivity contribution in [1.29, 1.82) is 0 Å². The molecule has 1 rings (SSSR count). The fourth-order valence-electron chi connectivity index (χ4n) is 1.18. The molecule has 1 aromatic carbocycles. The quantitative estimate of drug-likeness (QED) is 0.730. The molecule has 7 N–H and O–H groups in total. The van der Waals surface area contributed by atoms with Crippen molar-refractivity contribution < 1.29 is 47.9 Å². The smallest absolute Gasteiger partial charge is 0.412 e. The van der Waals surface area contributed by atoms with E-state index in [9.17, 15) is 26.3 Å². The van der Waals surface area contributed by atoms with E-state index in [1.807, 2.05) is 0 Å². The molecule has 4 nitrogen and oxygen atoms in total. The molecule has 0 amide bonds. The summed E-state index contributed by atoms with van der Waals surface area (Å²) in [7, 11) is 0. The SMILES string of the molecule is O.O.O.OC(c1ccc(Br)cc1)(C(F)(F)F)C(F)(F)F. The highest BCUT2D eigenvalue weighted by molar-refractivity contribution is 9.10. The van der Waals surface area contributed by atoms with Crippen LogP contribution in [0.25, 0.3) is 0 Å². The Morgan fingerprint density at radius 2 is 1.05 bits per heavy atom. The van der Waals surface area contributed by atoms with E-state index >= 15 is 0 Å². The second-order valence-corrected chi connectivity index (χ2v) is 4.13. The van der Waals surface area contributed by atoms with Gasteiger partial charge in [-0.25, -0.2) is 0 Å².